The zero-order valence-corrected chi connectivity index (χ0v) is 16.8. The van der Waals surface area contributed by atoms with Gasteiger partial charge in [-0.2, -0.15) is 0 Å². The number of carbonyl (C=O) groups excluding carboxylic acids is 1. The number of halogens is 2. The highest BCUT2D eigenvalue weighted by molar-refractivity contribution is 6.51. The van der Waals surface area contributed by atoms with Crippen LogP contribution in [0.4, 0.5) is 13.6 Å². The molecule has 26 heavy (non-hydrogen) atoms. The van der Waals surface area contributed by atoms with Crippen LogP contribution in [-0.2, 0) is 14.0 Å². The fourth-order valence-corrected chi connectivity index (χ4v) is 2.82. The summed E-state index contributed by atoms with van der Waals surface area (Å²) in [5.74, 6) is -1.64. The molecule has 0 aromatic carbocycles. The summed E-state index contributed by atoms with van der Waals surface area (Å²) in [4.78, 5) is 13.5. The maximum atomic E-state index is 14.6. The van der Waals surface area contributed by atoms with E-state index in [1.807, 2.05) is 27.7 Å². The second-order valence-corrected chi connectivity index (χ2v) is 8.99. The van der Waals surface area contributed by atoms with Gasteiger partial charge in [0.05, 0.1) is 11.2 Å². The Kier molecular flexibility index (Phi) is 5.52. The van der Waals surface area contributed by atoms with Gasteiger partial charge in [0.2, 0.25) is 0 Å². The zero-order valence-electron chi connectivity index (χ0n) is 16.8. The van der Waals surface area contributed by atoms with E-state index in [1.54, 1.807) is 20.8 Å². The Balaban J connectivity index is 2.12. The van der Waals surface area contributed by atoms with Crippen molar-refractivity contribution in [1.82, 2.24) is 4.90 Å². The average Bonchev–Trinajstić information content (AvgIpc) is 2.52. The minimum atomic E-state index is -3.01. The molecule has 8 heteroatoms. The van der Waals surface area contributed by atoms with Crippen molar-refractivity contribution in [2.45, 2.75) is 84.0 Å². The molecule has 0 unspecified atom stereocenters. The van der Waals surface area contributed by atoms with Gasteiger partial charge >= 0.3 is 13.2 Å². The van der Waals surface area contributed by atoms with Gasteiger partial charge in [0, 0.05) is 19.5 Å². The number of hydrogen-bond donors (Lipinski definition) is 0. The number of likely N-dealkylation sites (tertiary alicyclic amines) is 1. The highest BCUT2D eigenvalue weighted by atomic mass is 19.3. The second kappa shape index (κ2) is 6.78. The lowest BCUT2D eigenvalue weighted by molar-refractivity contribution is 0.00578. The van der Waals surface area contributed by atoms with E-state index in [2.05, 4.69) is 0 Å². The van der Waals surface area contributed by atoms with Crippen molar-refractivity contribution in [3.05, 3.63) is 11.5 Å². The molecule has 0 aromatic heterocycles. The second-order valence-electron chi connectivity index (χ2n) is 8.99. The van der Waals surface area contributed by atoms with Crippen molar-refractivity contribution in [1.29, 1.82) is 0 Å². The monoisotopic (exact) mass is 373 g/mol. The first-order valence-electron chi connectivity index (χ1n) is 9.06. The third-order valence-electron chi connectivity index (χ3n) is 5.08. The normalized spacial score (nSPS) is 26.7. The van der Waals surface area contributed by atoms with Gasteiger partial charge in [-0.25, -0.2) is 13.6 Å². The lowest BCUT2D eigenvalue weighted by Crippen LogP contribution is -2.41. The molecule has 0 spiro atoms. The molecule has 2 aliphatic rings. The molecule has 0 radical (unpaired) electrons. The van der Waals surface area contributed by atoms with Crippen LogP contribution in [0.2, 0.25) is 0 Å². The fourth-order valence-electron chi connectivity index (χ4n) is 2.82. The molecule has 0 atom stereocenters. The number of carbonyl (C=O) groups is 1. The van der Waals surface area contributed by atoms with E-state index in [0.29, 0.717) is 0 Å². The van der Waals surface area contributed by atoms with Crippen LogP contribution >= 0.6 is 0 Å². The lowest BCUT2D eigenvalue weighted by atomic mass is 9.84. The highest BCUT2D eigenvalue weighted by Gasteiger charge is 2.51. The standard InChI is InChI=1S/C18H30BF2NO4/c1-15(2,3)24-14(23)22-10-8-13(18(20,21)9-11-22)12-19-25-16(4,5)17(6,7)26-19/h12H,8-11H2,1-7H3/b13-12-. The summed E-state index contributed by atoms with van der Waals surface area (Å²) in [6.07, 6.45) is -0.960. The van der Waals surface area contributed by atoms with Crippen molar-refractivity contribution in [3.8, 4) is 0 Å². The Morgan fingerprint density at radius 1 is 1.15 bits per heavy atom. The van der Waals surface area contributed by atoms with Crippen LogP contribution < -0.4 is 0 Å². The molecular formula is C18H30BF2NO4. The van der Waals surface area contributed by atoms with Crippen LogP contribution in [-0.4, -0.2) is 53.9 Å². The van der Waals surface area contributed by atoms with E-state index in [1.165, 1.54) is 10.9 Å². The van der Waals surface area contributed by atoms with E-state index < -0.39 is 42.4 Å². The van der Waals surface area contributed by atoms with E-state index in [4.69, 9.17) is 14.0 Å². The van der Waals surface area contributed by atoms with Crippen molar-refractivity contribution in [3.63, 3.8) is 0 Å². The van der Waals surface area contributed by atoms with Crippen LogP contribution in [0.5, 0.6) is 0 Å². The SMILES string of the molecule is CC(C)(C)OC(=O)N1CC/C(=C/B2OC(C)(C)C(C)(C)O2)C(F)(F)CC1. The molecule has 2 rings (SSSR count). The first-order chi connectivity index (χ1) is 11.6. The molecule has 0 aromatic rings. The Hall–Kier alpha value is -1.15. The van der Waals surface area contributed by atoms with E-state index in [0.717, 1.165) is 0 Å². The number of hydrogen-bond acceptors (Lipinski definition) is 4. The van der Waals surface area contributed by atoms with Gasteiger partial charge in [-0.15, -0.1) is 0 Å². The average molecular weight is 373 g/mol. The summed E-state index contributed by atoms with van der Waals surface area (Å²) in [5.41, 5.74) is -1.89. The topological polar surface area (TPSA) is 48.0 Å². The Morgan fingerprint density at radius 2 is 1.69 bits per heavy atom. The van der Waals surface area contributed by atoms with Crippen molar-refractivity contribution in [2.75, 3.05) is 13.1 Å². The van der Waals surface area contributed by atoms with Gasteiger partial charge in [-0.05, 0) is 66.4 Å². The molecule has 1 amide bonds. The van der Waals surface area contributed by atoms with Crippen molar-refractivity contribution < 1.29 is 27.6 Å². The molecule has 0 N–H and O–H groups in total. The summed E-state index contributed by atoms with van der Waals surface area (Å²) in [7, 11) is -0.825. The molecule has 148 valence electrons. The van der Waals surface area contributed by atoms with E-state index in [-0.39, 0.29) is 25.1 Å². The van der Waals surface area contributed by atoms with Gasteiger partial charge in [0.15, 0.2) is 0 Å². The van der Waals surface area contributed by atoms with Crippen LogP contribution in [0.15, 0.2) is 11.5 Å². The number of alkyl halides is 2. The van der Waals surface area contributed by atoms with Gasteiger partial charge in [-0.1, -0.05) is 0 Å². The molecule has 2 saturated heterocycles. The number of amides is 1. The van der Waals surface area contributed by atoms with Crippen LogP contribution in [0.3, 0.4) is 0 Å². The van der Waals surface area contributed by atoms with Crippen LogP contribution in [0.25, 0.3) is 0 Å². The summed E-state index contributed by atoms with van der Waals surface area (Å²) >= 11 is 0. The van der Waals surface area contributed by atoms with Crippen molar-refractivity contribution >= 4 is 13.2 Å². The number of ether oxygens (including phenoxy) is 1. The third kappa shape index (κ3) is 4.77. The first kappa shape index (κ1) is 21.2. The maximum Gasteiger partial charge on any atom is 0.487 e. The van der Waals surface area contributed by atoms with Gasteiger partial charge in [-0.3, -0.25) is 0 Å². The maximum absolute atomic E-state index is 14.6. The molecule has 2 aliphatic heterocycles. The van der Waals surface area contributed by atoms with Crippen LogP contribution in [0.1, 0.15) is 61.3 Å². The fraction of sp³-hybridized carbons (Fsp3) is 0.833. The zero-order chi connectivity index (χ0) is 20.0. The predicted molar refractivity (Wildman–Crippen MR) is 96.2 cm³/mol. The minimum absolute atomic E-state index is 0.0519. The molecule has 0 aliphatic carbocycles. The molecule has 0 saturated carbocycles. The summed E-state index contributed by atoms with van der Waals surface area (Å²) < 4.78 is 46.1. The quantitative estimate of drug-likeness (QED) is 0.646. The molecular weight excluding hydrogens is 343 g/mol. The third-order valence-corrected chi connectivity index (χ3v) is 5.08. The Morgan fingerprint density at radius 3 is 2.19 bits per heavy atom. The van der Waals surface area contributed by atoms with E-state index >= 15 is 0 Å². The number of nitrogens with zero attached hydrogens (tertiary/aromatic N) is 1. The van der Waals surface area contributed by atoms with Gasteiger partial charge in [0.25, 0.3) is 5.92 Å². The smallest absolute Gasteiger partial charge is 0.444 e. The first-order valence-corrected chi connectivity index (χ1v) is 9.06. The summed E-state index contributed by atoms with van der Waals surface area (Å²) in [6.45, 7) is 12.9. The Labute approximate surface area is 155 Å². The molecule has 2 fully saturated rings. The predicted octanol–water partition coefficient (Wildman–Crippen LogP) is 4.21. The minimum Gasteiger partial charge on any atom is -0.444 e. The number of rotatable bonds is 1. The molecule has 5 nitrogen and oxygen atoms in total. The van der Waals surface area contributed by atoms with Crippen molar-refractivity contribution in [2.24, 2.45) is 0 Å². The largest absolute Gasteiger partial charge is 0.487 e. The highest BCUT2D eigenvalue weighted by Crippen LogP contribution is 2.39. The van der Waals surface area contributed by atoms with Gasteiger partial charge < -0.3 is 18.9 Å². The lowest BCUT2D eigenvalue weighted by Gasteiger charge is -2.32. The Bertz CT molecular complexity index is 568. The summed E-state index contributed by atoms with van der Waals surface area (Å²) in [5, 5.41) is 0. The van der Waals surface area contributed by atoms with Crippen LogP contribution in [0, 0.1) is 0 Å². The molecule has 0 bridgehead atoms. The molecule has 2 heterocycles. The van der Waals surface area contributed by atoms with Gasteiger partial charge in [0.1, 0.15) is 5.60 Å². The summed E-state index contributed by atoms with van der Waals surface area (Å²) in [6, 6.07) is 0. The van der Waals surface area contributed by atoms with E-state index in [9.17, 15) is 13.6 Å².